The highest BCUT2D eigenvalue weighted by atomic mass is 16.2. The Kier molecular flexibility index (Phi) is 3.94. The van der Waals surface area contributed by atoms with Gasteiger partial charge < -0.3 is 9.47 Å². The number of nitrogens with zero attached hydrogens (tertiary/aromatic N) is 3. The monoisotopic (exact) mass is 299 g/mol. The van der Waals surface area contributed by atoms with Crippen molar-refractivity contribution < 1.29 is 4.79 Å². The lowest BCUT2D eigenvalue weighted by Crippen LogP contribution is -2.37. The molecule has 1 aromatic carbocycles. The van der Waals surface area contributed by atoms with Crippen molar-refractivity contribution in [2.24, 2.45) is 13.0 Å². The van der Waals surface area contributed by atoms with Crippen molar-refractivity contribution in [3.8, 4) is 0 Å². The van der Waals surface area contributed by atoms with Gasteiger partial charge in [0.1, 0.15) is 5.82 Å². The summed E-state index contributed by atoms with van der Waals surface area (Å²) in [6.45, 7) is 8.29. The minimum Gasteiger partial charge on any atom is -0.339 e. The Hall–Kier alpha value is -1.84. The van der Waals surface area contributed by atoms with Crippen LogP contribution in [0.3, 0.4) is 0 Å². The number of likely N-dealkylation sites (tertiary alicyclic amines) is 1. The van der Waals surface area contributed by atoms with Crippen LogP contribution >= 0.6 is 0 Å². The van der Waals surface area contributed by atoms with Gasteiger partial charge in [-0.25, -0.2) is 4.98 Å². The Morgan fingerprint density at radius 2 is 1.95 bits per heavy atom. The van der Waals surface area contributed by atoms with E-state index in [0.717, 1.165) is 54.3 Å². The van der Waals surface area contributed by atoms with Crippen LogP contribution in [0.4, 0.5) is 0 Å². The Morgan fingerprint density at radius 1 is 1.27 bits per heavy atom. The average Bonchev–Trinajstić information content (AvgIpc) is 2.84. The van der Waals surface area contributed by atoms with E-state index in [-0.39, 0.29) is 5.91 Å². The predicted octanol–water partition coefficient (Wildman–Crippen LogP) is 3.57. The molecule has 1 aromatic heterocycles. The molecule has 1 saturated heterocycles. The number of benzene rings is 1. The van der Waals surface area contributed by atoms with Crippen LogP contribution in [0.5, 0.6) is 0 Å². The fourth-order valence-corrected chi connectivity index (χ4v) is 3.26. The second-order valence-electron chi connectivity index (χ2n) is 6.86. The molecule has 1 aliphatic heterocycles. The van der Waals surface area contributed by atoms with E-state index in [1.807, 2.05) is 30.1 Å². The van der Waals surface area contributed by atoms with E-state index in [1.54, 1.807) is 0 Å². The van der Waals surface area contributed by atoms with Gasteiger partial charge in [-0.15, -0.1) is 0 Å². The van der Waals surface area contributed by atoms with Crippen molar-refractivity contribution in [2.45, 2.75) is 39.5 Å². The van der Waals surface area contributed by atoms with Gasteiger partial charge in [0.15, 0.2) is 0 Å². The molecular formula is C18H25N3O. The number of aryl methyl sites for hydroxylation is 1. The average molecular weight is 299 g/mol. The van der Waals surface area contributed by atoms with Gasteiger partial charge in [0.25, 0.3) is 5.91 Å². The largest absolute Gasteiger partial charge is 0.339 e. The molecule has 22 heavy (non-hydrogen) atoms. The number of aromatic nitrogens is 2. The molecule has 0 spiro atoms. The summed E-state index contributed by atoms with van der Waals surface area (Å²) in [6, 6.07) is 5.91. The molecule has 4 heteroatoms. The van der Waals surface area contributed by atoms with Gasteiger partial charge in [0, 0.05) is 31.6 Å². The summed E-state index contributed by atoms with van der Waals surface area (Å²) >= 11 is 0. The van der Waals surface area contributed by atoms with E-state index in [4.69, 9.17) is 4.98 Å². The van der Waals surface area contributed by atoms with Crippen LogP contribution in [0.25, 0.3) is 11.0 Å². The number of fused-ring (bicyclic) bond motifs is 1. The number of carbonyl (C=O) groups is 1. The highest BCUT2D eigenvalue weighted by Gasteiger charge is 2.22. The summed E-state index contributed by atoms with van der Waals surface area (Å²) in [5, 5.41) is 0. The van der Waals surface area contributed by atoms with Crippen LogP contribution in [0.1, 0.15) is 55.7 Å². The standard InChI is InChI=1S/C18H25N3O/c1-12(2)17-19-15-11-14(5-6-16(15)20(17)4)18(22)21-9-7-13(3)8-10-21/h5-6,11-13H,7-10H2,1-4H3. The fourth-order valence-electron chi connectivity index (χ4n) is 3.26. The lowest BCUT2D eigenvalue weighted by atomic mass is 9.98. The van der Waals surface area contributed by atoms with Gasteiger partial charge in [-0.2, -0.15) is 0 Å². The van der Waals surface area contributed by atoms with Crippen LogP contribution in [0.15, 0.2) is 18.2 Å². The second-order valence-corrected chi connectivity index (χ2v) is 6.86. The van der Waals surface area contributed by atoms with E-state index in [1.165, 1.54) is 0 Å². The molecule has 118 valence electrons. The summed E-state index contributed by atoms with van der Waals surface area (Å²) in [6.07, 6.45) is 2.21. The topological polar surface area (TPSA) is 38.1 Å². The van der Waals surface area contributed by atoms with E-state index in [9.17, 15) is 4.79 Å². The molecule has 0 radical (unpaired) electrons. The lowest BCUT2D eigenvalue weighted by Gasteiger charge is -2.30. The van der Waals surface area contributed by atoms with Crippen LogP contribution in [0.2, 0.25) is 0 Å². The van der Waals surface area contributed by atoms with E-state index in [0.29, 0.717) is 5.92 Å². The van der Waals surface area contributed by atoms with E-state index >= 15 is 0 Å². The molecule has 2 aromatic rings. The molecule has 2 heterocycles. The number of hydrogen-bond donors (Lipinski definition) is 0. The molecule has 0 aliphatic carbocycles. The zero-order valence-corrected chi connectivity index (χ0v) is 14.0. The first-order valence-corrected chi connectivity index (χ1v) is 8.23. The molecule has 1 aliphatic rings. The van der Waals surface area contributed by atoms with Gasteiger partial charge in [-0.1, -0.05) is 20.8 Å². The maximum Gasteiger partial charge on any atom is 0.253 e. The van der Waals surface area contributed by atoms with Gasteiger partial charge in [-0.05, 0) is 37.0 Å². The Morgan fingerprint density at radius 3 is 2.59 bits per heavy atom. The molecule has 0 bridgehead atoms. The van der Waals surface area contributed by atoms with Gasteiger partial charge in [0.2, 0.25) is 0 Å². The molecule has 0 N–H and O–H groups in total. The van der Waals surface area contributed by atoms with Gasteiger partial charge >= 0.3 is 0 Å². The minimum atomic E-state index is 0.144. The zero-order chi connectivity index (χ0) is 15.9. The fraction of sp³-hybridized carbons (Fsp3) is 0.556. The first-order chi connectivity index (χ1) is 10.5. The first kappa shape index (κ1) is 15.1. The number of imidazole rings is 1. The Balaban J connectivity index is 1.90. The quantitative estimate of drug-likeness (QED) is 0.850. The smallest absolute Gasteiger partial charge is 0.253 e. The Bertz CT molecular complexity index is 694. The second kappa shape index (κ2) is 5.75. The molecule has 0 atom stereocenters. The van der Waals surface area contributed by atoms with Crippen molar-refractivity contribution in [3.05, 3.63) is 29.6 Å². The molecule has 1 amide bonds. The van der Waals surface area contributed by atoms with Crippen molar-refractivity contribution in [2.75, 3.05) is 13.1 Å². The summed E-state index contributed by atoms with van der Waals surface area (Å²) in [5.74, 6) is 2.31. The third-order valence-electron chi connectivity index (χ3n) is 4.75. The van der Waals surface area contributed by atoms with Crippen molar-refractivity contribution in [1.29, 1.82) is 0 Å². The maximum atomic E-state index is 12.7. The van der Waals surface area contributed by atoms with E-state index in [2.05, 4.69) is 25.3 Å². The van der Waals surface area contributed by atoms with Crippen LogP contribution in [0, 0.1) is 5.92 Å². The third-order valence-corrected chi connectivity index (χ3v) is 4.75. The summed E-state index contributed by atoms with van der Waals surface area (Å²) in [4.78, 5) is 19.4. The van der Waals surface area contributed by atoms with Crippen molar-refractivity contribution in [3.63, 3.8) is 0 Å². The van der Waals surface area contributed by atoms with E-state index < -0.39 is 0 Å². The highest BCUT2D eigenvalue weighted by molar-refractivity contribution is 5.97. The van der Waals surface area contributed by atoms with Crippen molar-refractivity contribution >= 4 is 16.9 Å². The number of rotatable bonds is 2. The van der Waals surface area contributed by atoms with Crippen LogP contribution in [-0.4, -0.2) is 33.4 Å². The molecule has 3 rings (SSSR count). The number of hydrogen-bond acceptors (Lipinski definition) is 2. The SMILES string of the molecule is CC1CCN(C(=O)c2ccc3c(c2)nc(C(C)C)n3C)CC1. The number of carbonyl (C=O) groups excluding carboxylic acids is 1. The normalized spacial score (nSPS) is 16.7. The summed E-state index contributed by atoms with van der Waals surface area (Å²) in [7, 11) is 2.04. The minimum absolute atomic E-state index is 0.144. The zero-order valence-electron chi connectivity index (χ0n) is 14.0. The molecule has 1 fully saturated rings. The lowest BCUT2D eigenvalue weighted by molar-refractivity contribution is 0.0697. The van der Waals surface area contributed by atoms with Gasteiger partial charge in [-0.3, -0.25) is 4.79 Å². The van der Waals surface area contributed by atoms with Crippen LogP contribution < -0.4 is 0 Å². The summed E-state index contributed by atoms with van der Waals surface area (Å²) < 4.78 is 2.12. The van der Waals surface area contributed by atoms with Crippen LogP contribution in [-0.2, 0) is 7.05 Å². The van der Waals surface area contributed by atoms with Gasteiger partial charge in [0.05, 0.1) is 11.0 Å². The number of amides is 1. The molecule has 4 nitrogen and oxygen atoms in total. The third kappa shape index (κ3) is 2.62. The highest BCUT2D eigenvalue weighted by Crippen LogP contribution is 2.23. The van der Waals surface area contributed by atoms with Crippen molar-refractivity contribution in [1.82, 2.24) is 14.5 Å². The first-order valence-electron chi connectivity index (χ1n) is 8.23. The number of piperidine rings is 1. The maximum absolute atomic E-state index is 12.7. The molecular weight excluding hydrogens is 274 g/mol. The predicted molar refractivity (Wildman–Crippen MR) is 89.1 cm³/mol. The molecule has 0 unspecified atom stereocenters. The molecule has 0 saturated carbocycles. The Labute approximate surface area is 132 Å². The summed E-state index contributed by atoms with van der Waals surface area (Å²) in [5.41, 5.74) is 2.77.